The number of aromatic nitrogens is 3. The molecule has 0 saturated carbocycles. The Morgan fingerprint density at radius 1 is 1.32 bits per heavy atom. The van der Waals surface area contributed by atoms with Crippen molar-refractivity contribution in [1.82, 2.24) is 15.0 Å². The number of hydrogen-bond acceptors (Lipinski definition) is 9. The van der Waals surface area contributed by atoms with Crippen LogP contribution in [0.2, 0.25) is 18.6 Å². The lowest BCUT2D eigenvalue weighted by Gasteiger charge is -2.31. The van der Waals surface area contributed by atoms with Gasteiger partial charge in [0.15, 0.2) is 5.60 Å². The molecule has 1 spiro atoms. The predicted molar refractivity (Wildman–Crippen MR) is 145 cm³/mol. The number of aryl methyl sites for hydroxylation is 1. The zero-order valence-corrected chi connectivity index (χ0v) is 24.2. The number of halogens is 1. The van der Waals surface area contributed by atoms with E-state index in [-0.39, 0.29) is 37.1 Å². The zero-order chi connectivity index (χ0) is 29.2. The minimum Gasteiger partial charge on any atom is -0.469 e. The van der Waals surface area contributed by atoms with Crippen molar-refractivity contribution in [3.05, 3.63) is 45.8 Å². The number of non-ortho nitro benzene ring substituents is 1. The van der Waals surface area contributed by atoms with Crippen LogP contribution in [0.5, 0.6) is 0 Å². The van der Waals surface area contributed by atoms with Crippen LogP contribution in [0, 0.1) is 16.0 Å². The number of carbonyl (C=O) groups excluding carboxylic acids is 2. The van der Waals surface area contributed by atoms with Crippen LogP contribution in [0.15, 0.2) is 24.4 Å². The second-order valence-electron chi connectivity index (χ2n) is 11.0. The third-order valence-corrected chi connectivity index (χ3v) is 10.4. The Bertz CT molecular complexity index is 1270. The van der Waals surface area contributed by atoms with Crippen molar-refractivity contribution >= 4 is 31.7 Å². The highest BCUT2D eigenvalue weighted by molar-refractivity contribution is 6.72. The molecule has 1 saturated heterocycles. The molecule has 1 amide bonds. The Morgan fingerprint density at radius 2 is 2.08 bits per heavy atom. The van der Waals surface area contributed by atoms with E-state index in [2.05, 4.69) is 10.3 Å². The molecule has 14 heteroatoms. The smallest absolute Gasteiger partial charge is 0.305 e. The first-order valence-electron chi connectivity index (χ1n) is 13.5. The van der Waals surface area contributed by atoms with E-state index >= 15 is 4.11 Å². The highest BCUT2D eigenvalue weighted by Crippen LogP contribution is 2.60. The summed E-state index contributed by atoms with van der Waals surface area (Å²) in [6.07, 6.45) is 3.00. The molecule has 2 aliphatic rings. The van der Waals surface area contributed by atoms with Gasteiger partial charge in [0, 0.05) is 67.9 Å². The van der Waals surface area contributed by atoms with Gasteiger partial charge in [0.05, 0.1) is 29.5 Å². The predicted octanol–water partition coefficient (Wildman–Crippen LogP) is 3.28. The number of aliphatic hydroxyl groups is 1. The number of unbranched alkanes of at least 4 members (excludes halogenated alkanes) is 1. The molecule has 0 bridgehead atoms. The van der Waals surface area contributed by atoms with Gasteiger partial charge in [-0.2, -0.15) is 0 Å². The molecule has 1 aromatic carbocycles. The van der Waals surface area contributed by atoms with Gasteiger partial charge in [-0.05, 0) is 38.4 Å². The van der Waals surface area contributed by atoms with Crippen LogP contribution in [0.3, 0.4) is 0 Å². The Kier molecular flexibility index (Phi) is 8.71. The molecule has 3 heterocycles. The lowest BCUT2D eigenvalue weighted by atomic mass is 9.82. The molecule has 12 nitrogen and oxygen atoms in total. The topological polar surface area (TPSA) is 150 Å². The van der Waals surface area contributed by atoms with Crippen molar-refractivity contribution in [3.63, 3.8) is 0 Å². The highest BCUT2D eigenvalue weighted by atomic mass is 28.4. The van der Waals surface area contributed by atoms with E-state index in [1.165, 1.54) is 19.2 Å². The number of fused-ring (bicyclic) bond motifs is 2. The van der Waals surface area contributed by atoms with Crippen molar-refractivity contribution < 1.29 is 33.2 Å². The molecule has 1 N–H and O–H groups in total. The lowest BCUT2D eigenvalue weighted by Crippen LogP contribution is -2.45. The Hall–Kier alpha value is -3.23. The maximum Gasteiger partial charge on any atom is 0.305 e. The fourth-order valence-corrected chi connectivity index (χ4v) is 8.76. The van der Waals surface area contributed by atoms with Gasteiger partial charge in [-0.1, -0.05) is 12.1 Å². The molecule has 4 rings (SSSR count). The van der Waals surface area contributed by atoms with E-state index in [0.717, 1.165) is 0 Å². The number of nitro groups is 1. The van der Waals surface area contributed by atoms with Gasteiger partial charge < -0.3 is 23.6 Å². The van der Waals surface area contributed by atoms with Crippen LogP contribution >= 0.6 is 0 Å². The van der Waals surface area contributed by atoms with E-state index in [9.17, 15) is 19.7 Å². The van der Waals surface area contributed by atoms with Gasteiger partial charge in [-0.3, -0.25) is 24.4 Å². The maximum atomic E-state index is 15.9. The first-order valence-corrected chi connectivity index (χ1v) is 16.4. The third kappa shape index (κ3) is 5.52. The maximum absolute atomic E-state index is 15.9. The first kappa shape index (κ1) is 29.7. The van der Waals surface area contributed by atoms with Crippen molar-refractivity contribution in [2.75, 3.05) is 25.2 Å². The van der Waals surface area contributed by atoms with Crippen LogP contribution < -0.4 is 4.90 Å². The summed E-state index contributed by atoms with van der Waals surface area (Å²) in [7, 11) is -2.09. The molecule has 1 aromatic heterocycles. The highest BCUT2D eigenvalue weighted by Gasteiger charge is 2.66. The fourth-order valence-electron chi connectivity index (χ4n) is 6.22. The van der Waals surface area contributed by atoms with Crippen LogP contribution in [-0.2, 0) is 37.6 Å². The Labute approximate surface area is 232 Å². The molecule has 1 fully saturated rings. The summed E-state index contributed by atoms with van der Waals surface area (Å²) in [4.78, 5) is 38.5. The van der Waals surface area contributed by atoms with Gasteiger partial charge in [0.25, 0.3) is 11.6 Å². The average Bonchev–Trinajstić information content (AvgIpc) is 3.54. The summed E-state index contributed by atoms with van der Waals surface area (Å²) >= 11 is 0. The number of aliphatic hydroxyl groups excluding tert-OH is 1. The number of hydrogen-bond donors (Lipinski definition) is 1. The van der Waals surface area contributed by atoms with E-state index in [1.807, 2.05) is 0 Å². The molecule has 2 aromatic rings. The standard InChI is InChI=1S/C26H36FN5O7Si/c1-17-24(40(3,4)27)22(10-13-30-16-18(11-14-33)28-29-30)39-26(17)20-15-19(32(36)37)8-9-21(20)31(25(26)35)12-6-5-7-23(34)38-2/h8-9,15-17,22,24,33H,5-7,10-14H2,1-4H3/t17-,22+,24-,26+/m0/s1. The summed E-state index contributed by atoms with van der Waals surface area (Å²) in [5.74, 6) is -1.30. The molecule has 0 unspecified atom stereocenters. The molecular weight excluding hydrogens is 541 g/mol. The largest absolute Gasteiger partial charge is 0.469 e. The monoisotopic (exact) mass is 577 g/mol. The quantitative estimate of drug-likeness (QED) is 0.100. The summed E-state index contributed by atoms with van der Waals surface area (Å²) in [5.41, 5.74) is -0.799. The molecule has 4 atom stereocenters. The van der Waals surface area contributed by atoms with E-state index in [1.54, 1.807) is 41.9 Å². The van der Waals surface area contributed by atoms with Crippen LogP contribution in [0.4, 0.5) is 15.5 Å². The van der Waals surface area contributed by atoms with Crippen LogP contribution in [0.25, 0.3) is 0 Å². The normalized spacial score (nSPS) is 24.1. The zero-order valence-electron chi connectivity index (χ0n) is 23.2. The number of nitrogens with zero attached hydrogens (tertiary/aromatic N) is 5. The van der Waals surface area contributed by atoms with E-state index < -0.39 is 36.5 Å². The van der Waals surface area contributed by atoms with Crippen molar-refractivity contribution in [1.29, 1.82) is 0 Å². The average molecular weight is 578 g/mol. The molecule has 218 valence electrons. The van der Waals surface area contributed by atoms with Crippen molar-refractivity contribution in [2.24, 2.45) is 5.92 Å². The number of ether oxygens (including phenoxy) is 2. The van der Waals surface area contributed by atoms with Gasteiger partial charge in [-0.25, -0.2) is 0 Å². The lowest BCUT2D eigenvalue weighted by molar-refractivity contribution is -0.385. The molecule has 0 radical (unpaired) electrons. The number of methoxy groups -OCH3 is 1. The van der Waals surface area contributed by atoms with E-state index in [0.29, 0.717) is 49.2 Å². The molecule has 0 aliphatic carbocycles. The summed E-state index contributed by atoms with van der Waals surface area (Å²) < 4.78 is 28.9. The number of esters is 1. The summed E-state index contributed by atoms with van der Waals surface area (Å²) in [5, 5.41) is 28.9. The minimum atomic E-state index is -3.41. The Balaban J connectivity index is 1.67. The van der Waals surface area contributed by atoms with Crippen LogP contribution in [-0.4, -0.2) is 71.7 Å². The number of anilines is 1. The van der Waals surface area contributed by atoms with E-state index in [4.69, 9.17) is 14.6 Å². The fraction of sp³-hybridized carbons (Fsp3) is 0.615. The molecular formula is C26H36FN5O7Si. The number of rotatable bonds is 12. The van der Waals surface area contributed by atoms with Crippen molar-refractivity contribution in [2.45, 2.75) is 75.9 Å². The van der Waals surface area contributed by atoms with Gasteiger partial charge in [-0.15, -0.1) is 5.10 Å². The SMILES string of the molecule is COC(=O)CCCCN1C(=O)[C@]2(O[C@H](CCn3cc(CCO)nn3)[C@@H]([Si](C)(C)F)[C@@H]2C)c2cc([N+](=O)[O-])ccc21. The number of benzene rings is 1. The van der Waals surface area contributed by atoms with Gasteiger partial charge in [0.1, 0.15) is 0 Å². The third-order valence-electron chi connectivity index (χ3n) is 7.99. The number of carbonyl (C=O) groups is 2. The van der Waals surface area contributed by atoms with Crippen LogP contribution in [0.1, 0.15) is 43.9 Å². The molecule has 2 aliphatic heterocycles. The number of nitro benzene ring substituents is 1. The van der Waals surface area contributed by atoms with Gasteiger partial charge in [0.2, 0.25) is 8.41 Å². The number of amides is 1. The summed E-state index contributed by atoms with van der Waals surface area (Å²) in [6.45, 7) is 5.57. The first-order chi connectivity index (χ1) is 18.9. The minimum absolute atomic E-state index is 0.0545. The van der Waals surface area contributed by atoms with Gasteiger partial charge >= 0.3 is 5.97 Å². The second kappa shape index (κ2) is 11.7. The Morgan fingerprint density at radius 3 is 2.73 bits per heavy atom. The van der Waals surface area contributed by atoms with Crippen molar-refractivity contribution in [3.8, 4) is 0 Å². The second-order valence-corrected chi connectivity index (χ2v) is 14.8. The summed E-state index contributed by atoms with van der Waals surface area (Å²) in [6, 6.07) is 4.28. The molecule has 40 heavy (non-hydrogen) atoms.